The van der Waals surface area contributed by atoms with E-state index in [2.05, 4.69) is 4.98 Å². The van der Waals surface area contributed by atoms with Crippen LogP contribution in [0, 0.1) is 0 Å². The molecule has 12 heavy (non-hydrogen) atoms. The van der Waals surface area contributed by atoms with Gasteiger partial charge in [0.1, 0.15) is 5.01 Å². The lowest BCUT2D eigenvalue weighted by Gasteiger charge is -1.87. The zero-order valence-corrected chi connectivity index (χ0v) is 7.82. The van der Waals surface area contributed by atoms with Crippen LogP contribution in [0.25, 0.3) is 10.2 Å². The maximum absolute atomic E-state index is 5.96. The maximum Gasteiger partial charge on any atom is 0.107 e. The van der Waals surface area contributed by atoms with E-state index in [9.17, 15) is 0 Å². The minimum Gasteiger partial charge on any atom is -0.325 e. The van der Waals surface area contributed by atoms with Gasteiger partial charge in [-0.05, 0) is 12.1 Å². The molecule has 0 atom stereocenters. The predicted octanol–water partition coefficient (Wildman–Crippen LogP) is 2.41. The topological polar surface area (TPSA) is 38.9 Å². The van der Waals surface area contributed by atoms with Crippen LogP contribution >= 0.6 is 22.9 Å². The fraction of sp³-hybridized carbons (Fsp3) is 0.125. The van der Waals surface area contributed by atoms with Crippen molar-refractivity contribution in [3.05, 3.63) is 28.2 Å². The predicted molar refractivity (Wildman–Crippen MR) is 52.5 cm³/mol. The van der Waals surface area contributed by atoms with Gasteiger partial charge in [-0.1, -0.05) is 17.7 Å². The van der Waals surface area contributed by atoms with E-state index in [0.29, 0.717) is 6.54 Å². The Morgan fingerprint density at radius 1 is 1.50 bits per heavy atom. The van der Waals surface area contributed by atoms with E-state index in [1.807, 2.05) is 18.2 Å². The van der Waals surface area contributed by atoms with Gasteiger partial charge in [0.05, 0.1) is 15.2 Å². The van der Waals surface area contributed by atoms with Crippen LogP contribution in [0.1, 0.15) is 5.01 Å². The van der Waals surface area contributed by atoms with E-state index < -0.39 is 0 Å². The Balaban J connectivity index is 2.74. The van der Waals surface area contributed by atoms with Crippen LogP contribution < -0.4 is 5.73 Å². The summed E-state index contributed by atoms with van der Waals surface area (Å²) < 4.78 is 1.03. The van der Waals surface area contributed by atoms with Crippen molar-refractivity contribution >= 4 is 33.2 Å². The standard InChI is InChI=1S/C8H7ClN2S/c9-5-2-1-3-6-8(5)12-7(4-10)11-6/h1-3H,4,10H2. The van der Waals surface area contributed by atoms with E-state index in [4.69, 9.17) is 17.3 Å². The van der Waals surface area contributed by atoms with Crippen molar-refractivity contribution in [3.8, 4) is 0 Å². The Hall–Kier alpha value is -0.640. The highest BCUT2D eigenvalue weighted by atomic mass is 35.5. The lowest BCUT2D eigenvalue weighted by atomic mass is 10.3. The summed E-state index contributed by atoms with van der Waals surface area (Å²) in [5, 5.41) is 1.68. The second kappa shape index (κ2) is 3.01. The number of thiazole rings is 1. The van der Waals surface area contributed by atoms with Crippen molar-refractivity contribution in [1.82, 2.24) is 4.98 Å². The Morgan fingerprint density at radius 2 is 2.33 bits per heavy atom. The van der Waals surface area contributed by atoms with E-state index in [1.54, 1.807) is 11.3 Å². The van der Waals surface area contributed by atoms with Crippen LogP contribution in [0.5, 0.6) is 0 Å². The third kappa shape index (κ3) is 1.20. The van der Waals surface area contributed by atoms with Gasteiger partial charge in [0, 0.05) is 6.54 Å². The molecular formula is C8H7ClN2S. The monoisotopic (exact) mass is 198 g/mol. The first kappa shape index (κ1) is 7.98. The van der Waals surface area contributed by atoms with Gasteiger partial charge in [-0.25, -0.2) is 4.98 Å². The second-order valence-corrected chi connectivity index (χ2v) is 3.89. The minimum absolute atomic E-state index is 0.482. The van der Waals surface area contributed by atoms with Gasteiger partial charge in [0.15, 0.2) is 0 Å². The van der Waals surface area contributed by atoms with Crippen molar-refractivity contribution in [2.24, 2.45) is 5.73 Å². The Bertz CT molecular complexity index is 410. The summed E-state index contributed by atoms with van der Waals surface area (Å²) in [5.74, 6) is 0. The number of hydrogen-bond donors (Lipinski definition) is 1. The van der Waals surface area contributed by atoms with Crippen molar-refractivity contribution in [3.63, 3.8) is 0 Å². The summed E-state index contributed by atoms with van der Waals surface area (Å²) in [6.45, 7) is 0.482. The summed E-state index contributed by atoms with van der Waals surface area (Å²) in [6, 6.07) is 5.70. The summed E-state index contributed by atoms with van der Waals surface area (Å²) in [6.07, 6.45) is 0. The van der Waals surface area contributed by atoms with Gasteiger partial charge >= 0.3 is 0 Å². The third-order valence-electron chi connectivity index (χ3n) is 1.59. The third-order valence-corrected chi connectivity index (χ3v) is 3.14. The molecule has 4 heteroatoms. The number of halogens is 1. The van der Waals surface area contributed by atoms with E-state index >= 15 is 0 Å². The first-order valence-corrected chi connectivity index (χ1v) is 4.74. The number of benzene rings is 1. The molecule has 2 rings (SSSR count). The molecule has 0 amide bonds. The average Bonchev–Trinajstić information content (AvgIpc) is 2.49. The van der Waals surface area contributed by atoms with Crippen molar-refractivity contribution in [2.75, 3.05) is 0 Å². The highest BCUT2D eigenvalue weighted by Gasteiger charge is 2.04. The molecule has 2 aromatic rings. The van der Waals surface area contributed by atoms with Crippen LogP contribution in [0.2, 0.25) is 5.02 Å². The van der Waals surface area contributed by atoms with Crippen LogP contribution in [-0.2, 0) is 6.54 Å². The molecule has 1 aromatic carbocycles. The molecule has 0 saturated heterocycles. The molecule has 0 spiro atoms. The molecule has 0 radical (unpaired) electrons. The lowest BCUT2D eigenvalue weighted by Crippen LogP contribution is -1.93. The zero-order chi connectivity index (χ0) is 8.55. The molecule has 0 saturated carbocycles. The fourth-order valence-corrected chi connectivity index (χ4v) is 2.18. The molecule has 0 aliphatic carbocycles. The van der Waals surface area contributed by atoms with Gasteiger partial charge in [-0.2, -0.15) is 0 Å². The van der Waals surface area contributed by atoms with Crippen molar-refractivity contribution in [2.45, 2.75) is 6.54 Å². The SMILES string of the molecule is NCc1nc2cccc(Cl)c2s1. The van der Waals surface area contributed by atoms with Gasteiger partial charge in [0.25, 0.3) is 0 Å². The summed E-state index contributed by atoms with van der Waals surface area (Å²) >= 11 is 7.51. The Kier molecular flexibility index (Phi) is 2.00. The first-order valence-electron chi connectivity index (χ1n) is 3.55. The molecule has 1 heterocycles. The lowest BCUT2D eigenvalue weighted by molar-refractivity contribution is 1.05. The Labute approximate surface area is 79.0 Å². The zero-order valence-electron chi connectivity index (χ0n) is 6.25. The fourth-order valence-electron chi connectivity index (χ4n) is 1.05. The van der Waals surface area contributed by atoms with E-state index in [-0.39, 0.29) is 0 Å². The van der Waals surface area contributed by atoms with Gasteiger partial charge in [-0.15, -0.1) is 11.3 Å². The molecule has 0 bridgehead atoms. The highest BCUT2D eigenvalue weighted by Crippen LogP contribution is 2.28. The molecule has 0 aliphatic heterocycles. The van der Waals surface area contributed by atoms with Crippen LogP contribution in [0.4, 0.5) is 0 Å². The van der Waals surface area contributed by atoms with Gasteiger partial charge in [-0.3, -0.25) is 0 Å². The normalized spacial score (nSPS) is 10.8. The number of fused-ring (bicyclic) bond motifs is 1. The van der Waals surface area contributed by atoms with Crippen LogP contribution in [0.15, 0.2) is 18.2 Å². The molecule has 0 aliphatic rings. The number of rotatable bonds is 1. The number of nitrogens with zero attached hydrogens (tertiary/aromatic N) is 1. The quantitative estimate of drug-likeness (QED) is 0.765. The summed E-state index contributed by atoms with van der Waals surface area (Å²) in [4.78, 5) is 4.30. The molecular weight excluding hydrogens is 192 g/mol. The van der Waals surface area contributed by atoms with Crippen LogP contribution in [0.3, 0.4) is 0 Å². The van der Waals surface area contributed by atoms with E-state index in [0.717, 1.165) is 20.2 Å². The smallest absolute Gasteiger partial charge is 0.107 e. The maximum atomic E-state index is 5.96. The van der Waals surface area contributed by atoms with Crippen molar-refractivity contribution < 1.29 is 0 Å². The minimum atomic E-state index is 0.482. The Morgan fingerprint density at radius 3 is 3.00 bits per heavy atom. The largest absolute Gasteiger partial charge is 0.325 e. The molecule has 2 N–H and O–H groups in total. The van der Waals surface area contributed by atoms with Gasteiger partial charge < -0.3 is 5.73 Å². The van der Waals surface area contributed by atoms with Crippen molar-refractivity contribution in [1.29, 1.82) is 0 Å². The second-order valence-electron chi connectivity index (χ2n) is 2.40. The molecule has 0 unspecified atom stereocenters. The number of hydrogen-bond acceptors (Lipinski definition) is 3. The summed E-state index contributed by atoms with van der Waals surface area (Å²) in [5.41, 5.74) is 6.41. The summed E-state index contributed by atoms with van der Waals surface area (Å²) in [7, 11) is 0. The number of nitrogens with two attached hydrogens (primary N) is 1. The molecule has 0 fully saturated rings. The average molecular weight is 199 g/mol. The van der Waals surface area contributed by atoms with Gasteiger partial charge in [0.2, 0.25) is 0 Å². The molecule has 62 valence electrons. The van der Waals surface area contributed by atoms with E-state index in [1.165, 1.54) is 0 Å². The molecule has 1 aromatic heterocycles. The number of aromatic nitrogens is 1. The highest BCUT2D eigenvalue weighted by molar-refractivity contribution is 7.19. The molecule has 2 nitrogen and oxygen atoms in total. The van der Waals surface area contributed by atoms with Crippen LogP contribution in [-0.4, -0.2) is 4.98 Å². The first-order chi connectivity index (χ1) is 5.81.